The van der Waals surface area contributed by atoms with E-state index in [1.807, 2.05) is 36.4 Å². The average molecular weight is 398 g/mol. The third-order valence-corrected chi connectivity index (χ3v) is 6.95. The topological polar surface area (TPSA) is 86.4 Å². The third kappa shape index (κ3) is 3.93. The molecule has 0 saturated carbocycles. The lowest BCUT2D eigenvalue weighted by atomic mass is 10.1. The number of benzene rings is 2. The normalized spacial score (nSPS) is 15.8. The highest BCUT2D eigenvalue weighted by molar-refractivity contribution is 7.89. The van der Waals surface area contributed by atoms with Crippen LogP contribution in [0.5, 0.6) is 0 Å². The van der Waals surface area contributed by atoms with E-state index in [2.05, 4.69) is 9.97 Å². The number of rotatable bonds is 5. The lowest BCUT2D eigenvalue weighted by Gasteiger charge is -2.34. The van der Waals surface area contributed by atoms with Crippen molar-refractivity contribution in [3.63, 3.8) is 0 Å². The minimum Gasteiger partial charge on any atom is -0.345 e. The van der Waals surface area contributed by atoms with Gasteiger partial charge in [0.05, 0.1) is 23.1 Å². The number of fused-ring (bicyclic) bond motifs is 1. The minimum atomic E-state index is -3.33. The summed E-state index contributed by atoms with van der Waals surface area (Å²) >= 11 is 0. The molecule has 0 atom stereocenters. The molecule has 1 saturated heterocycles. The van der Waals surface area contributed by atoms with E-state index < -0.39 is 10.0 Å². The van der Waals surface area contributed by atoms with Gasteiger partial charge in [-0.05, 0) is 30.2 Å². The zero-order chi connectivity index (χ0) is 19.6. The molecule has 1 aliphatic rings. The number of nitrogens with zero attached hydrogens (tertiary/aromatic N) is 3. The Labute approximate surface area is 164 Å². The van der Waals surface area contributed by atoms with Crippen LogP contribution in [0.15, 0.2) is 54.9 Å². The van der Waals surface area contributed by atoms with E-state index in [1.54, 1.807) is 23.4 Å². The van der Waals surface area contributed by atoms with E-state index in [9.17, 15) is 13.2 Å². The van der Waals surface area contributed by atoms with Gasteiger partial charge < -0.3 is 9.88 Å². The van der Waals surface area contributed by atoms with Crippen molar-refractivity contribution < 1.29 is 13.2 Å². The number of hydrogen-bond acceptors (Lipinski definition) is 4. The molecule has 7 nitrogen and oxygen atoms in total. The fraction of sp³-hybridized carbons (Fsp3) is 0.300. The summed E-state index contributed by atoms with van der Waals surface area (Å²) in [6.45, 7) is 1.44. The Kier molecular flexibility index (Phi) is 5.15. The number of aryl methyl sites for hydroxylation is 1. The Balaban J connectivity index is 1.36. The largest absolute Gasteiger partial charge is 0.345 e. The van der Waals surface area contributed by atoms with Crippen LogP contribution in [-0.2, 0) is 16.4 Å². The van der Waals surface area contributed by atoms with Crippen molar-refractivity contribution in [3.05, 3.63) is 66.0 Å². The molecule has 0 bridgehead atoms. The predicted molar refractivity (Wildman–Crippen MR) is 108 cm³/mol. The first-order valence-electron chi connectivity index (χ1n) is 9.27. The summed E-state index contributed by atoms with van der Waals surface area (Å²) in [5.74, 6) is -0.000566. The Morgan fingerprint density at radius 3 is 2.54 bits per heavy atom. The van der Waals surface area contributed by atoms with Crippen LogP contribution in [0.25, 0.3) is 11.0 Å². The van der Waals surface area contributed by atoms with Gasteiger partial charge in [0.15, 0.2) is 0 Å². The molecule has 0 unspecified atom stereocenters. The average Bonchev–Trinajstić information content (AvgIpc) is 3.20. The van der Waals surface area contributed by atoms with Gasteiger partial charge in [-0.25, -0.2) is 13.4 Å². The molecule has 1 amide bonds. The lowest BCUT2D eigenvalue weighted by molar-refractivity contribution is 0.0698. The molecule has 4 rings (SSSR count). The summed E-state index contributed by atoms with van der Waals surface area (Å²) in [5.41, 5.74) is 3.21. The summed E-state index contributed by atoms with van der Waals surface area (Å²) in [6.07, 6.45) is 2.09. The Morgan fingerprint density at radius 1 is 1.04 bits per heavy atom. The number of hydrogen-bond donors (Lipinski definition) is 1. The van der Waals surface area contributed by atoms with Crippen LogP contribution in [0.1, 0.15) is 15.9 Å². The lowest BCUT2D eigenvalue weighted by Crippen LogP contribution is -2.51. The van der Waals surface area contributed by atoms with E-state index in [0.29, 0.717) is 38.2 Å². The van der Waals surface area contributed by atoms with Gasteiger partial charge in [0.25, 0.3) is 5.91 Å². The maximum atomic E-state index is 12.8. The van der Waals surface area contributed by atoms with Crippen molar-refractivity contribution in [3.8, 4) is 0 Å². The van der Waals surface area contributed by atoms with E-state index in [-0.39, 0.29) is 11.7 Å². The van der Waals surface area contributed by atoms with Crippen molar-refractivity contribution in [2.75, 3.05) is 31.9 Å². The van der Waals surface area contributed by atoms with Gasteiger partial charge in [0, 0.05) is 31.7 Å². The highest BCUT2D eigenvalue weighted by atomic mass is 32.2. The summed E-state index contributed by atoms with van der Waals surface area (Å²) in [6, 6.07) is 15.0. The number of amides is 1. The third-order valence-electron chi connectivity index (χ3n) is 5.08. The highest BCUT2D eigenvalue weighted by Crippen LogP contribution is 2.16. The monoisotopic (exact) mass is 398 g/mol. The molecule has 0 spiro atoms. The smallest absolute Gasteiger partial charge is 0.254 e. The Morgan fingerprint density at radius 2 is 1.79 bits per heavy atom. The molecular weight excluding hydrogens is 376 g/mol. The maximum absolute atomic E-state index is 12.8. The van der Waals surface area contributed by atoms with Crippen molar-refractivity contribution in [2.24, 2.45) is 0 Å². The molecule has 3 aromatic rings. The Hall–Kier alpha value is -2.71. The number of sulfonamides is 1. The van der Waals surface area contributed by atoms with Crippen LogP contribution >= 0.6 is 0 Å². The summed E-state index contributed by atoms with van der Waals surface area (Å²) in [7, 11) is -3.33. The van der Waals surface area contributed by atoms with Gasteiger partial charge in [0.2, 0.25) is 10.0 Å². The van der Waals surface area contributed by atoms with Crippen LogP contribution in [0.4, 0.5) is 0 Å². The SMILES string of the molecule is O=C(c1ccc2nc[nH]c2c1)N1CCN(S(=O)(=O)CCc2ccccc2)CC1. The predicted octanol–water partition coefficient (Wildman–Crippen LogP) is 1.89. The second-order valence-corrected chi connectivity index (χ2v) is 8.97. The standard InChI is InChI=1S/C20H22N4O3S/c25-20(17-6-7-18-19(14-17)22-15-21-18)23-9-11-24(12-10-23)28(26,27)13-8-16-4-2-1-3-5-16/h1-7,14-15H,8-13H2,(H,21,22). The van der Waals surface area contributed by atoms with Crippen molar-refractivity contribution in [2.45, 2.75) is 6.42 Å². The molecule has 0 aliphatic carbocycles. The van der Waals surface area contributed by atoms with Crippen LogP contribution < -0.4 is 0 Å². The molecular formula is C20H22N4O3S. The number of piperazine rings is 1. The number of nitrogens with one attached hydrogen (secondary N) is 1. The van der Waals surface area contributed by atoms with E-state index in [4.69, 9.17) is 0 Å². The quantitative estimate of drug-likeness (QED) is 0.711. The fourth-order valence-corrected chi connectivity index (χ4v) is 4.91. The number of imidazole rings is 1. The molecule has 1 N–H and O–H groups in total. The molecule has 1 fully saturated rings. The Bertz CT molecular complexity index is 1070. The van der Waals surface area contributed by atoms with E-state index in [0.717, 1.165) is 16.6 Å². The molecule has 1 aliphatic heterocycles. The van der Waals surface area contributed by atoms with Gasteiger partial charge in [-0.15, -0.1) is 0 Å². The summed E-state index contributed by atoms with van der Waals surface area (Å²) < 4.78 is 26.8. The van der Waals surface area contributed by atoms with Crippen molar-refractivity contribution in [1.82, 2.24) is 19.2 Å². The first-order valence-corrected chi connectivity index (χ1v) is 10.9. The maximum Gasteiger partial charge on any atom is 0.254 e. The van der Waals surface area contributed by atoms with Crippen LogP contribution in [0.3, 0.4) is 0 Å². The summed E-state index contributed by atoms with van der Waals surface area (Å²) in [4.78, 5) is 21.6. The second-order valence-electron chi connectivity index (χ2n) is 6.88. The highest BCUT2D eigenvalue weighted by Gasteiger charge is 2.29. The summed E-state index contributed by atoms with van der Waals surface area (Å²) in [5, 5.41) is 0. The molecule has 2 heterocycles. The van der Waals surface area contributed by atoms with Gasteiger partial charge >= 0.3 is 0 Å². The fourth-order valence-electron chi connectivity index (χ4n) is 3.44. The first-order chi connectivity index (χ1) is 13.5. The first kappa shape index (κ1) is 18.6. The minimum absolute atomic E-state index is 0.0848. The van der Waals surface area contributed by atoms with Crippen LogP contribution in [0, 0.1) is 0 Å². The van der Waals surface area contributed by atoms with Crippen molar-refractivity contribution >= 4 is 27.0 Å². The van der Waals surface area contributed by atoms with E-state index in [1.165, 1.54) is 4.31 Å². The molecule has 2 aromatic carbocycles. The van der Waals surface area contributed by atoms with Crippen molar-refractivity contribution in [1.29, 1.82) is 0 Å². The zero-order valence-corrected chi connectivity index (χ0v) is 16.2. The molecule has 146 valence electrons. The van der Waals surface area contributed by atoms with Gasteiger partial charge in [0.1, 0.15) is 0 Å². The number of aromatic amines is 1. The number of carbonyl (C=O) groups is 1. The van der Waals surface area contributed by atoms with Gasteiger partial charge in [-0.3, -0.25) is 4.79 Å². The van der Waals surface area contributed by atoms with E-state index >= 15 is 0 Å². The molecule has 28 heavy (non-hydrogen) atoms. The van der Waals surface area contributed by atoms with Crippen LogP contribution in [-0.4, -0.2) is 65.4 Å². The second kappa shape index (κ2) is 7.73. The van der Waals surface area contributed by atoms with Gasteiger partial charge in [-0.1, -0.05) is 30.3 Å². The molecule has 0 radical (unpaired) electrons. The molecule has 8 heteroatoms. The van der Waals surface area contributed by atoms with Gasteiger partial charge in [-0.2, -0.15) is 4.31 Å². The molecule has 1 aromatic heterocycles. The number of aromatic nitrogens is 2. The number of carbonyl (C=O) groups excluding carboxylic acids is 1. The zero-order valence-electron chi connectivity index (χ0n) is 15.4. The van der Waals surface area contributed by atoms with Crippen LogP contribution in [0.2, 0.25) is 0 Å². The number of H-pyrrole nitrogens is 1.